The Balaban J connectivity index is 1.50. The summed E-state index contributed by atoms with van der Waals surface area (Å²) in [5.41, 5.74) is 0.951. The number of piperazine rings is 1. The number of amides is 1. The third-order valence-corrected chi connectivity index (χ3v) is 8.54. The van der Waals surface area contributed by atoms with Crippen LogP contribution in [0, 0.1) is 12.7 Å². The molecule has 0 N–H and O–H groups in total. The first-order valence-electron chi connectivity index (χ1n) is 9.01. The van der Waals surface area contributed by atoms with Gasteiger partial charge in [-0.1, -0.05) is 29.8 Å². The van der Waals surface area contributed by atoms with Gasteiger partial charge in [0.25, 0.3) is 5.91 Å². The molecule has 9 heteroatoms. The largest absolute Gasteiger partial charge is 0.335 e. The molecule has 1 saturated heterocycles. The molecule has 2 heterocycles. The third-order valence-electron chi connectivity index (χ3n) is 5.09. The van der Waals surface area contributed by atoms with Crippen molar-refractivity contribution in [2.24, 2.45) is 0 Å². The van der Waals surface area contributed by atoms with E-state index in [9.17, 15) is 17.6 Å². The minimum absolute atomic E-state index is 0.0518. The van der Waals surface area contributed by atoms with Crippen molar-refractivity contribution in [2.45, 2.75) is 11.8 Å². The molecule has 1 fully saturated rings. The molecule has 152 valence electrons. The standard InChI is InChI=1S/C20H18ClFN2O3S2/c1-13-15-4-2-3-5-18(15)28-19(13)20(25)23-8-10-24(11-9-23)29(26,27)14-6-7-17(22)16(21)12-14/h2-7,12H,8-11H2,1H3. The Morgan fingerprint density at radius 2 is 1.79 bits per heavy atom. The molecule has 3 aromatic rings. The van der Waals surface area contributed by atoms with Crippen molar-refractivity contribution < 1.29 is 17.6 Å². The maximum Gasteiger partial charge on any atom is 0.264 e. The van der Waals surface area contributed by atoms with Gasteiger partial charge in [-0.2, -0.15) is 4.31 Å². The highest BCUT2D eigenvalue weighted by Crippen LogP contribution is 2.32. The molecule has 4 rings (SSSR count). The van der Waals surface area contributed by atoms with E-state index in [2.05, 4.69) is 0 Å². The number of hydrogen-bond donors (Lipinski definition) is 0. The number of fused-ring (bicyclic) bond motifs is 1. The van der Waals surface area contributed by atoms with E-state index in [-0.39, 0.29) is 28.9 Å². The molecule has 0 atom stereocenters. The summed E-state index contributed by atoms with van der Waals surface area (Å²) in [5.74, 6) is -0.745. The summed E-state index contributed by atoms with van der Waals surface area (Å²) in [5, 5.41) is 0.829. The van der Waals surface area contributed by atoms with E-state index < -0.39 is 15.8 Å². The van der Waals surface area contributed by atoms with Crippen LogP contribution in [0.4, 0.5) is 4.39 Å². The van der Waals surface area contributed by atoms with Crippen LogP contribution in [0.5, 0.6) is 0 Å². The van der Waals surface area contributed by atoms with Gasteiger partial charge in [-0.25, -0.2) is 12.8 Å². The lowest BCUT2D eigenvalue weighted by Gasteiger charge is -2.34. The van der Waals surface area contributed by atoms with Crippen molar-refractivity contribution in [2.75, 3.05) is 26.2 Å². The van der Waals surface area contributed by atoms with Gasteiger partial charge in [0.2, 0.25) is 10.0 Å². The first-order chi connectivity index (χ1) is 13.8. The van der Waals surface area contributed by atoms with Crippen LogP contribution in [0.15, 0.2) is 47.4 Å². The lowest BCUT2D eigenvalue weighted by Crippen LogP contribution is -2.50. The summed E-state index contributed by atoms with van der Waals surface area (Å²) in [6.07, 6.45) is 0. The molecule has 1 aliphatic heterocycles. The molecule has 1 aromatic heterocycles. The smallest absolute Gasteiger partial charge is 0.264 e. The van der Waals surface area contributed by atoms with Crippen LogP contribution < -0.4 is 0 Å². The first kappa shape index (κ1) is 20.3. The summed E-state index contributed by atoms with van der Waals surface area (Å²) in [4.78, 5) is 15.3. The van der Waals surface area contributed by atoms with Crippen LogP contribution in [0.3, 0.4) is 0 Å². The summed E-state index contributed by atoms with van der Waals surface area (Å²) < 4.78 is 41.3. The van der Waals surface area contributed by atoms with E-state index in [1.54, 1.807) is 4.90 Å². The van der Waals surface area contributed by atoms with E-state index in [1.807, 2.05) is 31.2 Å². The number of carbonyl (C=O) groups is 1. The second kappa shape index (κ2) is 7.68. The van der Waals surface area contributed by atoms with Crippen LogP contribution >= 0.6 is 22.9 Å². The maximum absolute atomic E-state index is 13.4. The average molecular weight is 453 g/mol. The minimum atomic E-state index is -3.80. The Bertz CT molecular complexity index is 1200. The highest BCUT2D eigenvalue weighted by atomic mass is 35.5. The predicted octanol–water partition coefficient (Wildman–Crippen LogP) is 4.15. The van der Waals surface area contributed by atoms with Gasteiger partial charge in [-0.3, -0.25) is 4.79 Å². The highest BCUT2D eigenvalue weighted by Gasteiger charge is 2.31. The lowest BCUT2D eigenvalue weighted by molar-refractivity contribution is 0.0702. The monoisotopic (exact) mass is 452 g/mol. The quantitative estimate of drug-likeness (QED) is 0.599. The fourth-order valence-electron chi connectivity index (χ4n) is 3.44. The first-order valence-corrected chi connectivity index (χ1v) is 11.6. The molecule has 0 unspecified atom stereocenters. The molecule has 0 radical (unpaired) electrons. The van der Waals surface area contributed by atoms with Crippen molar-refractivity contribution >= 4 is 49.0 Å². The second-order valence-electron chi connectivity index (χ2n) is 6.82. The van der Waals surface area contributed by atoms with Crippen molar-refractivity contribution in [1.82, 2.24) is 9.21 Å². The Labute approximate surface area is 177 Å². The van der Waals surface area contributed by atoms with Gasteiger partial charge in [-0.05, 0) is 42.1 Å². The Morgan fingerprint density at radius 3 is 2.45 bits per heavy atom. The zero-order chi connectivity index (χ0) is 20.8. The van der Waals surface area contributed by atoms with E-state index >= 15 is 0 Å². The van der Waals surface area contributed by atoms with Gasteiger partial charge < -0.3 is 4.90 Å². The molecule has 1 amide bonds. The van der Waals surface area contributed by atoms with Crippen LogP contribution in [-0.4, -0.2) is 49.7 Å². The van der Waals surface area contributed by atoms with Gasteiger partial charge in [0.05, 0.1) is 14.8 Å². The van der Waals surface area contributed by atoms with E-state index in [4.69, 9.17) is 11.6 Å². The number of rotatable bonds is 3. The third kappa shape index (κ3) is 3.66. The van der Waals surface area contributed by atoms with Crippen LogP contribution in [0.1, 0.15) is 15.2 Å². The van der Waals surface area contributed by atoms with Crippen molar-refractivity contribution in [3.05, 3.63) is 63.7 Å². The van der Waals surface area contributed by atoms with Crippen LogP contribution in [0.25, 0.3) is 10.1 Å². The number of thiophene rings is 1. The topological polar surface area (TPSA) is 57.7 Å². The van der Waals surface area contributed by atoms with E-state index in [1.165, 1.54) is 21.7 Å². The normalized spacial score (nSPS) is 15.8. The molecule has 2 aromatic carbocycles. The Morgan fingerprint density at radius 1 is 1.10 bits per heavy atom. The van der Waals surface area contributed by atoms with Gasteiger partial charge in [-0.15, -0.1) is 11.3 Å². The van der Waals surface area contributed by atoms with Crippen LogP contribution in [-0.2, 0) is 10.0 Å². The zero-order valence-corrected chi connectivity index (χ0v) is 18.0. The molecule has 29 heavy (non-hydrogen) atoms. The number of hydrogen-bond acceptors (Lipinski definition) is 4. The van der Waals surface area contributed by atoms with Gasteiger partial charge in [0, 0.05) is 30.9 Å². The number of nitrogens with zero attached hydrogens (tertiary/aromatic N) is 2. The van der Waals surface area contributed by atoms with Gasteiger partial charge in [0.15, 0.2) is 0 Å². The zero-order valence-electron chi connectivity index (χ0n) is 15.6. The number of carbonyl (C=O) groups excluding carboxylic acids is 1. The molecule has 5 nitrogen and oxygen atoms in total. The molecule has 0 spiro atoms. The molecule has 0 aliphatic carbocycles. The highest BCUT2D eigenvalue weighted by molar-refractivity contribution is 7.89. The molecular formula is C20H18ClFN2O3S2. The second-order valence-corrected chi connectivity index (χ2v) is 10.2. The van der Waals surface area contributed by atoms with Gasteiger partial charge in [0.1, 0.15) is 5.82 Å². The van der Waals surface area contributed by atoms with Crippen molar-refractivity contribution in [3.8, 4) is 0 Å². The fraction of sp³-hybridized carbons (Fsp3) is 0.250. The minimum Gasteiger partial charge on any atom is -0.335 e. The number of aryl methyl sites for hydroxylation is 1. The summed E-state index contributed by atoms with van der Waals surface area (Å²) in [6.45, 7) is 2.87. The Hall–Kier alpha value is -2.00. The number of benzene rings is 2. The fourth-order valence-corrected chi connectivity index (χ4v) is 6.31. The van der Waals surface area contributed by atoms with Crippen LogP contribution in [0.2, 0.25) is 5.02 Å². The number of sulfonamides is 1. The SMILES string of the molecule is Cc1c(C(=O)N2CCN(S(=O)(=O)c3ccc(F)c(Cl)c3)CC2)sc2ccccc12. The predicted molar refractivity (Wildman–Crippen MR) is 113 cm³/mol. The average Bonchev–Trinajstić information content (AvgIpc) is 3.06. The van der Waals surface area contributed by atoms with E-state index in [0.29, 0.717) is 18.0 Å². The molecule has 1 aliphatic rings. The summed E-state index contributed by atoms with van der Waals surface area (Å²) in [7, 11) is -3.80. The van der Waals surface area contributed by atoms with Gasteiger partial charge >= 0.3 is 0 Å². The Kier molecular flexibility index (Phi) is 5.37. The number of halogens is 2. The van der Waals surface area contributed by atoms with Crippen molar-refractivity contribution in [1.29, 1.82) is 0 Å². The maximum atomic E-state index is 13.4. The summed E-state index contributed by atoms with van der Waals surface area (Å²) >= 11 is 7.19. The van der Waals surface area contributed by atoms with Crippen molar-refractivity contribution in [3.63, 3.8) is 0 Å². The van der Waals surface area contributed by atoms with E-state index in [0.717, 1.165) is 27.8 Å². The lowest BCUT2D eigenvalue weighted by atomic mass is 10.1. The molecule has 0 bridgehead atoms. The molecule has 0 saturated carbocycles. The molecular weight excluding hydrogens is 435 g/mol. The summed E-state index contributed by atoms with van der Waals surface area (Å²) in [6, 6.07) is 11.2.